The van der Waals surface area contributed by atoms with E-state index in [9.17, 15) is 0 Å². The predicted molar refractivity (Wildman–Crippen MR) is 87.9 cm³/mol. The minimum atomic E-state index is -0.0715. The third-order valence-electron chi connectivity index (χ3n) is 2.49. The molecule has 0 aliphatic rings. The number of ether oxygens (including phenoxy) is 1. The summed E-state index contributed by atoms with van der Waals surface area (Å²) in [6.45, 7) is 0.523. The number of nitrogens with two attached hydrogens (primary N) is 2. The van der Waals surface area contributed by atoms with Gasteiger partial charge < -0.3 is 16.2 Å². The van der Waals surface area contributed by atoms with Gasteiger partial charge in [-0.05, 0) is 23.3 Å². The maximum atomic E-state index is 5.71. The van der Waals surface area contributed by atoms with Crippen LogP contribution in [-0.2, 0) is 6.61 Å². The highest BCUT2D eigenvalue weighted by atomic mass is 35.5. The van der Waals surface area contributed by atoms with Gasteiger partial charge in [-0.15, -0.1) is 17.5 Å². The van der Waals surface area contributed by atoms with Crippen molar-refractivity contribution in [1.29, 1.82) is 0 Å². The number of hydrogen-bond acceptors (Lipinski definition) is 3. The van der Waals surface area contributed by atoms with Crippen LogP contribution in [0.5, 0.6) is 5.75 Å². The first kappa shape index (κ1) is 16.5. The van der Waals surface area contributed by atoms with E-state index in [1.807, 2.05) is 54.6 Å². The Kier molecular flexibility index (Phi) is 6.77. The van der Waals surface area contributed by atoms with Gasteiger partial charge in [0, 0.05) is 0 Å². The second kappa shape index (κ2) is 8.60. The largest absolute Gasteiger partial charge is 0.489 e. The smallest absolute Gasteiger partial charge is 0.211 e. The number of guanidine groups is 1. The third-order valence-corrected chi connectivity index (χ3v) is 2.49. The van der Waals surface area contributed by atoms with Crippen LogP contribution in [0.1, 0.15) is 11.1 Å². The lowest BCUT2D eigenvalue weighted by atomic mass is 10.2. The van der Waals surface area contributed by atoms with Crippen LogP contribution in [0.15, 0.2) is 64.8 Å². The van der Waals surface area contributed by atoms with Gasteiger partial charge in [-0.1, -0.05) is 42.5 Å². The van der Waals surface area contributed by atoms with E-state index >= 15 is 0 Å². The molecule has 0 aromatic heterocycles. The zero-order valence-corrected chi connectivity index (χ0v) is 12.2. The number of benzene rings is 2. The van der Waals surface area contributed by atoms with Gasteiger partial charge in [0.2, 0.25) is 5.96 Å². The first-order chi connectivity index (χ1) is 9.74. The SMILES string of the molecule is Cl.NC(N)=NN=Cc1cccc(OCc2ccccc2)c1. The van der Waals surface area contributed by atoms with Crippen molar-refractivity contribution in [3.63, 3.8) is 0 Å². The number of nitrogens with zero attached hydrogens (tertiary/aromatic N) is 2. The Morgan fingerprint density at radius 1 is 1.05 bits per heavy atom. The van der Waals surface area contributed by atoms with Crippen LogP contribution in [0.25, 0.3) is 0 Å². The first-order valence-corrected chi connectivity index (χ1v) is 6.13. The lowest BCUT2D eigenvalue weighted by molar-refractivity contribution is 0.306. The lowest BCUT2D eigenvalue weighted by Crippen LogP contribution is -2.21. The molecule has 110 valence electrons. The zero-order chi connectivity index (χ0) is 14.2. The Bertz CT molecular complexity index is 610. The van der Waals surface area contributed by atoms with Gasteiger partial charge in [0.15, 0.2) is 0 Å². The first-order valence-electron chi connectivity index (χ1n) is 6.13. The highest BCUT2D eigenvalue weighted by Crippen LogP contribution is 2.14. The van der Waals surface area contributed by atoms with Gasteiger partial charge in [0.1, 0.15) is 12.4 Å². The van der Waals surface area contributed by atoms with Gasteiger partial charge in [-0.2, -0.15) is 5.10 Å². The molecule has 2 aromatic carbocycles. The molecule has 21 heavy (non-hydrogen) atoms. The molecular formula is C15H17ClN4O. The molecule has 6 heteroatoms. The van der Waals surface area contributed by atoms with Crippen LogP contribution in [0.2, 0.25) is 0 Å². The molecule has 0 atom stereocenters. The molecule has 0 saturated heterocycles. The molecule has 0 heterocycles. The topological polar surface area (TPSA) is 86.0 Å². The Hall–Kier alpha value is -2.53. The van der Waals surface area contributed by atoms with Gasteiger partial charge in [0.05, 0.1) is 6.21 Å². The Balaban J connectivity index is 0.00000220. The number of halogens is 1. The molecule has 0 spiro atoms. The molecular weight excluding hydrogens is 288 g/mol. The molecule has 0 aliphatic carbocycles. The van der Waals surface area contributed by atoms with Crippen LogP contribution < -0.4 is 16.2 Å². The maximum absolute atomic E-state index is 5.71. The normalized spacial score (nSPS) is 9.90. The Morgan fingerprint density at radius 3 is 2.52 bits per heavy atom. The summed E-state index contributed by atoms with van der Waals surface area (Å²) in [5.41, 5.74) is 12.4. The molecule has 0 radical (unpaired) electrons. The van der Waals surface area contributed by atoms with E-state index in [1.165, 1.54) is 0 Å². The van der Waals surface area contributed by atoms with Crippen LogP contribution in [0, 0.1) is 0 Å². The highest BCUT2D eigenvalue weighted by Gasteiger charge is 1.96. The van der Waals surface area contributed by atoms with E-state index in [2.05, 4.69) is 10.2 Å². The van der Waals surface area contributed by atoms with Crippen molar-refractivity contribution in [2.45, 2.75) is 6.61 Å². The predicted octanol–water partition coefficient (Wildman–Crippen LogP) is 2.29. The van der Waals surface area contributed by atoms with Crippen molar-refractivity contribution in [2.75, 3.05) is 0 Å². The van der Waals surface area contributed by atoms with Crippen LogP contribution >= 0.6 is 12.4 Å². The average molecular weight is 305 g/mol. The summed E-state index contributed by atoms with van der Waals surface area (Å²) < 4.78 is 5.71. The number of hydrogen-bond donors (Lipinski definition) is 2. The Labute approximate surface area is 129 Å². The second-order valence-electron chi connectivity index (χ2n) is 4.12. The van der Waals surface area contributed by atoms with Crippen molar-refractivity contribution in [3.05, 3.63) is 65.7 Å². The minimum absolute atomic E-state index is 0. The van der Waals surface area contributed by atoms with Crippen molar-refractivity contribution in [3.8, 4) is 5.75 Å². The van der Waals surface area contributed by atoms with E-state index in [0.29, 0.717) is 6.61 Å². The van der Waals surface area contributed by atoms with Crippen LogP contribution in [0.3, 0.4) is 0 Å². The molecule has 4 N–H and O–H groups in total. The van der Waals surface area contributed by atoms with E-state index in [0.717, 1.165) is 16.9 Å². The van der Waals surface area contributed by atoms with Gasteiger partial charge in [0.25, 0.3) is 0 Å². The molecule has 0 saturated carbocycles. The molecule has 5 nitrogen and oxygen atoms in total. The minimum Gasteiger partial charge on any atom is -0.489 e. The van der Waals surface area contributed by atoms with Crippen LogP contribution in [-0.4, -0.2) is 12.2 Å². The summed E-state index contributed by atoms with van der Waals surface area (Å²) >= 11 is 0. The molecule has 0 fully saturated rings. The summed E-state index contributed by atoms with van der Waals surface area (Å²) in [4.78, 5) is 0. The average Bonchev–Trinajstić information content (AvgIpc) is 2.46. The Morgan fingerprint density at radius 2 is 1.81 bits per heavy atom. The summed E-state index contributed by atoms with van der Waals surface area (Å²) in [6, 6.07) is 17.5. The van der Waals surface area contributed by atoms with Crippen molar-refractivity contribution in [2.24, 2.45) is 21.7 Å². The van der Waals surface area contributed by atoms with E-state index in [1.54, 1.807) is 6.21 Å². The molecule has 2 aromatic rings. The molecule has 0 unspecified atom stereocenters. The van der Waals surface area contributed by atoms with Gasteiger partial charge in [-0.25, -0.2) is 0 Å². The summed E-state index contributed by atoms with van der Waals surface area (Å²) in [5.74, 6) is 0.695. The summed E-state index contributed by atoms with van der Waals surface area (Å²) in [7, 11) is 0. The number of rotatable bonds is 5. The second-order valence-corrected chi connectivity index (χ2v) is 4.12. The highest BCUT2D eigenvalue weighted by molar-refractivity contribution is 5.85. The lowest BCUT2D eigenvalue weighted by Gasteiger charge is -2.06. The molecule has 0 amide bonds. The third kappa shape index (κ3) is 5.97. The fraction of sp³-hybridized carbons (Fsp3) is 0.0667. The monoisotopic (exact) mass is 304 g/mol. The quantitative estimate of drug-likeness (QED) is 0.505. The van der Waals surface area contributed by atoms with E-state index in [-0.39, 0.29) is 18.4 Å². The fourth-order valence-electron chi connectivity index (χ4n) is 1.59. The standard InChI is InChI=1S/C15H16N4O.ClH/c16-15(17)19-18-10-13-7-4-8-14(9-13)20-11-12-5-2-1-3-6-12;/h1-10H,11H2,(H4,16,17,19);1H. The zero-order valence-electron chi connectivity index (χ0n) is 11.3. The molecule has 0 bridgehead atoms. The molecule has 0 aliphatic heterocycles. The van der Waals surface area contributed by atoms with Gasteiger partial charge >= 0.3 is 0 Å². The molecule has 2 rings (SSSR count). The summed E-state index contributed by atoms with van der Waals surface area (Å²) in [6.07, 6.45) is 1.56. The van der Waals surface area contributed by atoms with Gasteiger partial charge in [-0.3, -0.25) is 0 Å². The van der Waals surface area contributed by atoms with Crippen molar-refractivity contribution in [1.82, 2.24) is 0 Å². The van der Waals surface area contributed by atoms with E-state index < -0.39 is 0 Å². The van der Waals surface area contributed by atoms with Crippen LogP contribution in [0.4, 0.5) is 0 Å². The van der Waals surface area contributed by atoms with E-state index in [4.69, 9.17) is 16.2 Å². The summed E-state index contributed by atoms with van der Waals surface area (Å²) in [5, 5.41) is 7.30. The maximum Gasteiger partial charge on any atom is 0.211 e. The van der Waals surface area contributed by atoms with Crippen molar-refractivity contribution < 1.29 is 4.74 Å². The fourth-order valence-corrected chi connectivity index (χ4v) is 1.59. The van der Waals surface area contributed by atoms with Crippen molar-refractivity contribution >= 4 is 24.6 Å².